The van der Waals surface area contributed by atoms with Crippen LogP contribution >= 0.6 is 0 Å². The predicted molar refractivity (Wildman–Crippen MR) is 117 cm³/mol. The third-order valence-electron chi connectivity index (χ3n) is 5.90. The molecule has 5 nitrogen and oxygen atoms in total. The van der Waals surface area contributed by atoms with Crippen LogP contribution in [0.15, 0.2) is 36.8 Å². The summed E-state index contributed by atoms with van der Waals surface area (Å²) < 4.78 is 16.2. The first-order chi connectivity index (χ1) is 14.4. The number of pyridine rings is 1. The summed E-state index contributed by atoms with van der Waals surface area (Å²) in [5, 5.41) is 5.76. The third-order valence-corrected chi connectivity index (χ3v) is 5.90. The zero-order chi connectivity index (χ0) is 21.3. The van der Waals surface area contributed by atoms with Crippen molar-refractivity contribution in [3.8, 4) is 11.1 Å². The number of carbonyl (C=O) groups excluding carboxylic acids is 1. The number of rotatable bonds is 6. The maximum Gasteiger partial charge on any atom is 0.142 e. The van der Waals surface area contributed by atoms with Crippen molar-refractivity contribution >= 4 is 16.6 Å². The Morgan fingerprint density at radius 3 is 2.60 bits per heavy atom. The van der Waals surface area contributed by atoms with Crippen molar-refractivity contribution in [2.75, 3.05) is 19.6 Å². The van der Waals surface area contributed by atoms with Crippen molar-refractivity contribution in [2.45, 2.75) is 33.1 Å². The second-order valence-corrected chi connectivity index (χ2v) is 8.87. The molecule has 0 amide bonds. The molecule has 1 aliphatic heterocycles. The first-order valence-corrected chi connectivity index (χ1v) is 10.7. The summed E-state index contributed by atoms with van der Waals surface area (Å²) in [6, 6.07) is 5.24. The summed E-state index contributed by atoms with van der Waals surface area (Å²) in [7, 11) is 1.81. The van der Waals surface area contributed by atoms with Gasteiger partial charge in [0.25, 0.3) is 0 Å². The Hall–Kier alpha value is -2.60. The van der Waals surface area contributed by atoms with Gasteiger partial charge in [-0.3, -0.25) is 14.5 Å². The van der Waals surface area contributed by atoms with E-state index in [2.05, 4.69) is 28.8 Å². The second kappa shape index (κ2) is 8.64. The van der Waals surface area contributed by atoms with Crippen molar-refractivity contribution in [3.63, 3.8) is 0 Å². The molecule has 1 aromatic carbocycles. The van der Waals surface area contributed by atoms with Crippen molar-refractivity contribution in [3.05, 3.63) is 48.3 Å². The monoisotopic (exact) mass is 408 g/mol. The van der Waals surface area contributed by atoms with Gasteiger partial charge in [-0.15, -0.1) is 0 Å². The number of piperidine rings is 1. The Balaban J connectivity index is 1.48. The first-order valence-electron chi connectivity index (χ1n) is 10.7. The van der Waals surface area contributed by atoms with E-state index in [-0.39, 0.29) is 17.5 Å². The lowest BCUT2D eigenvalue weighted by molar-refractivity contribution is -0.123. The largest absolute Gasteiger partial charge is 0.303 e. The predicted octanol–water partition coefficient (Wildman–Crippen LogP) is 4.25. The van der Waals surface area contributed by atoms with Crippen LogP contribution in [0.3, 0.4) is 0 Å². The van der Waals surface area contributed by atoms with Gasteiger partial charge < -0.3 is 4.90 Å². The number of ketones is 1. The number of fused-ring (bicyclic) bond motifs is 1. The molecule has 0 atom stereocenters. The van der Waals surface area contributed by atoms with Gasteiger partial charge in [0.1, 0.15) is 11.6 Å². The third kappa shape index (κ3) is 4.59. The molecule has 3 aromatic rings. The van der Waals surface area contributed by atoms with Crippen LogP contribution in [0.25, 0.3) is 21.9 Å². The highest BCUT2D eigenvalue weighted by molar-refractivity contribution is 5.89. The molecule has 6 heteroatoms. The van der Waals surface area contributed by atoms with Crippen LogP contribution in [-0.2, 0) is 18.3 Å². The first kappa shape index (κ1) is 20.7. The Morgan fingerprint density at radius 1 is 1.17 bits per heavy atom. The molecule has 0 N–H and O–H groups in total. The molecule has 1 saturated heterocycles. The SMILES string of the molecule is CC(C)CN1CCC(C(=O)Cc2cc3cc(-c4cnn(C)c4)c(F)cc3cn2)CC1. The zero-order valence-corrected chi connectivity index (χ0v) is 17.9. The quantitative estimate of drug-likeness (QED) is 0.612. The maximum absolute atomic E-state index is 14.6. The van der Waals surface area contributed by atoms with E-state index < -0.39 is 0 Å². The summed E-state index contributed by atoms with van der Waals surface area (Å²) in [4.78, 5) is 19.7. The molecular weight excluding hydrogens is 379 g/mol. The van der Waals surface area contributed by atoms with Crippen LogP contribution in [0.5, 0.6) is 0 Å². The number of halogens is 1. The lowest BCUT2D eigenvalue weighted by Gasteiger charge is -2.32. The number of hydrogen-bond donors (Lipinski definition) is 0. The van der Waals surface area contributed by atoms with Crippen LogP contribution < -0.4 is 0 Å². The fourth-order valence-corrected chi connectivity index (χ4v) is 4.37. The highest BCUT2D eigenvalue weighted by Crippen LogP contribution is 2.28. The van der Waals surface area contributed by atoms with Gasteiger partial charge in [0.05, 0.1) is 6.20 Å². The summed E-state index contributed by atoms with van der Waals surface area (Å²) >= 11 is 0. The van der Waals surface area contributed by atoms with E-state index in [1.165, 1.54) is 6.07 Å². The normalized spacial score (nSPS) is 15.9. The van der Waals surface area contributed by atoms with E-state index >= 15 is 0 Å². The molecule has 0 bridgehead atoms. The van der Waals surface area contributed by atoms with Crippen LogP contribution in [0.2, 0.25) is 0 Å². The molecule has 3 heterocycles. The highest BCUT2D eigenvalue weighted by atomic mass is 19.1. The zero-order valence-electron chi connectivity index (χ0n) is 17.9. The minimum Gasteiger partial charge on any atom is -0.303 e. The van der Waals surface area contributed by atoms with Gasteiger partial charge in [-0.2, -0.15) is 5.10 Å². The molecule has 0 unspecified atom stereocenters. The molecule has 1 aliphatic rings. The lowest BCUT2D eigenvalue weighted by atomic mass is 9.89. The number of likely N-dealkylation sites (tertiary alicyclic amines) is 1. The minimum absolute atomic E-state index is 0.116. The summed E-state index contributed by atoms with van der Waals surface area (Å²) in [5.41, 5.74) is 2.00. The Labute approximate surface area is 176 Å². The number of nitrogens with zero attached hydrogens (tertiary/aromatic N) is 4. The van der Waals surface area contributed by atoms with Crippen molar-refractivity contribution in [1.82, 2.24) is 19.7 Å². The molecule has 30 heavy (non-hydrogen) atoms. The van der Waals surface area contributed by atoms with Gasteiger partial charge in [-0.1, -0.05) is 13.8 Å². The van der Waals surface area contributed by atoms with Gasteiger partial charge >= 0.3 is 0 Å². The average Bonchev–Trinajstić information content (AvgIpc) is 3.14. The smallest absolute Gasteiger partial charge is 0.142 e. The van der Waals surface area contributed by atoms with Gasteiger partial charge in [-0.25, -0.2) is 4.39 Å². The molecule has 1 fully saturated rings. The van der Waals surface area contributed by atoms with E-state index in [4.69, 9.17) is 0 Å². The molecule has 158 valence electrons. The van der Waals surface area contributed by atoms with Crippen LogP contribution in [0.4, 0.5) is 4.39 Å². The Morgan fingerprint density at radius 2 is 1.93 bits per heavy atom. The number of carbonyl (C=O) groups is 1. The topological polar surface area (TPSA) is 51.0 Å². The van der Waals surface area contributed by atoms with E-state index in [1.54, 1.807) is 23.3 Å². The van der Waals surface area contributed by atoms with E-state index in [9.17, 15) is 9.18 Å². The van der Waals surface area contributed by atoms with E-state index in [1.807, 2.05) is 19.2 Å². The number of aromatic nitrogens is 3. The van der Waals surface area contributed by atoms with E-state index in [0.717, 1.165) is 54.5 Å². The number of aryl methyl sites for hydroxylation is 1. The molecule has 0 saturated carbocycles. The molecular formula is C24H29FN4O. The average molecular weight is 409 g/mol. The fraction of sp³-hybridized carbons (Fsp3) is 0.458. The van der Waals surface area contributed by atoms with Crippen molar-refractivity contribution < 1.29 is 9.18 Å². The number of Topliss-reactive ketones (excluding diaryl/α,β-unsaturated/α-hetero) is 1. The van der Waals surface area contributed by atoms with Crippen LogP contribution in [0, 0.1) is 17.7 Å². The lowest BCUT2D eigenvalue weighted by Crippen LogP contribution is -2.38. The Bertz CT molecular complexity index is 1050. The van der Waals surface area contributed by atoms with Crippen molar-refractivity contribution in [2.24, 2.45) is 18.9 Å². The molecule has 0 spiro atoms. The second-order valence-electron chi connectivity index (χ2n) is 8.87. The van der Waals surface area contributed by atoms with Gasteiger partial charge in [0.15, 0.2) is 0 Å². The molecule has 0 aliphatic carbocycles. The number of hydrogen-bond acceptors (Lipinski definition) is 4. The number of benzene rings is 1. The van der Waals surface area contributed by atoms with Gasteiger partial charge in [0, 0.05) is 60.5 Å². The van der Waals surface area contributed by atoms with Crippen LogP contribution in [0.1, 0.15) is 32.4 Å². The standard InChI is InChI=1S/C24H29FN4O/c1-16(2)14-29-6-4-17(5-7-29)24(30)11-21-8-18-9-22(20-13-27-28(3)15-20)23(25)10-19(18)12-26-21/h8-10,12-13,15-17H,4-7,11,14H2,1-3H3. The van der Waals surface area contributed by atoms with Gasteiger partial charge in [-0.05, 0) is 55.4 Å². The molecule has 4 rings (SSSR count). The minimum atomic E-state index is -0.297. The summed E-state index contributed by atoms with van der Waals surface area (Å²) in [5.74, 6) is 0.737. The summed E-state index contributed by atoms with van der Waals surface area (Å²) in [6.45, 7) is 7.55. The summed E-state index contributed by atoms with van der Waals surface area (Å²) in [6.07, 6.45) is 7.30. The Kier molecular flexibility index (Phi) is 5.95. The highest BCUT2D eigenvalue weighted by Gasteiger charge is 2.25. The van der Waals surface area contributed by atoms with E-state index in [0.29, 0.717) is 17.9 Å². The van der Waals surface area contributed by atoms with Gasteiger partial charge in [0.2, 0.25) is 0 Å². The van der Waals surface area contributed by atoms with Crippen molar-refractivity contribution in [1.29, 1.82) is 0 Å². The molecule has 2 aromatic heterocycles. The molecule has 0 radical (unpaired) electrons. The maximum atomic E-state index is 14.6. The fourth-order valence-electron chi connectivity index (χ4n) is 4.37. The van der Waals surface area contributed by atoms with Crippen LogP contribution in [-0.4, -0.2) is 45.1 Å².